The summed E-state index contributed by atoms with van der Waals surface area (Å²) in [6.07, 6.45) is 4.85. The molecule has 0 unspecified atom stereocenters. The minimum absolute atomic E-state index is 0.0454. The molecule has 1 heterocycles. The van der Waals surface area contributed by atoms with Crippen LogP contribution in [-0.4, -0.2) is 10.9 Å². The summed E-state index contributed by atoms with van der Waals surface area (Å²) in [4.78, 5) is 16.4. The number of carbonyl (C=O) groups excluding carboxylic acids is 1. The lowest BCUT2D eigenvalue weighted by atomic mass is 10.1. The molecular weight excluding hydrogens is 366 g/mol. The molecule has 1 aromatic heterocycles. The normalized spacial score (nSPS) is 12.6. The van der Waals surface area contributed by atoms with Crippen molar-refractivity contribution >= 4 is 27.9 Å². The predicted molar refractivity (Wildman–Crippen MR) is 97.7 cm³/mol. The van der Waals surface area contributed by atoms with Crippen LogP contribution in [0.15, 0.2) is 70.9 Å². The molecule has 2 aromatic rings. The number of benzene rings is 1. The first-order valence-corrected chi connectivity index (χ1v) is 8.16. The predicted octanol–water partition coefficient (Wildman–Crippen LogP) is 4.18. The molecule has 0 fully saturated rings. The third-order valence-corrected chi connectivity index (χ3v) is 3.72. The number of nitriles is 1. The van der Waals surface area contributed by atoms with Gasteiger partial charge in [-0.2, -0.15) is 5.26 Å². The summed E-state index contributed by atoms with van der Waals surface area (Å²) in [5, 5.41) is 12.0. The van der Waals surface area contributed by atoms with E-state index >= 15 is 0 Å². The molecule has 0 radical (unpaired) electrons. The van der Waals surface area contributed by atoms with Crippen LogP contribution < -0.4 is 5.32 Å². The largest absolute Gasteiger partial charge is 0.345 e. The van der Waals surface area contributed by atoms with Crippen LogP contribution in [0.1, 0.15) is 24.2 Å². The Morgan fingerprint density at radius 1 is 1.25 bits per heavy atom. The van der Waals surface area contributed by atoms with Gasteiger partial charge in [0.25, 0.3) is 5.91 Å². The van der Waals surface area contributed by atoms with Crippen molar-refractivity contribution in [3.8, 4) is 6.07 Å². The molecular formula is C19H16BrN3O. The molecule has 0 aliphatic heterocycles. The second-order valence-corrected chi connectivity index (χ2v) is 5.85. The first-order valence-electron chi connectivity index (χ1n) is 7.37. The van der Waals surface area contributed by atoms with Gasteiger partial charge < -0.3 is 5.32 Å². The Hall–Kier alpha value is -2.71. The van der Waals surface area contributed by atoms with Crippen LogP contribution in [-0.2, 0) is 4.79 Å². The van der Waals surface area contributed by atoms with Gasteiger partial charge >= 0.3 is 0 Å². The number of rotatable bonds is 5. The van der Waals surface area contributed by atoms with E-state index < -0.39 is 5.91 Å². The van der Waals surface area contributed by atoms with Crippen molar-refractivity contribution in [1.29, 1.82) is 5.26 Å². The zero-order valence-corrected chi connectivity index (χ0v) is 14.7. The van der Waals surface area contributed by atoms with E-state index in [1.807, 2.05) is 61.5 Å². The quantitative estimate of drug-likeness (QED) is 0.365. The van der Waals surface area contributed by atoms with E-state index in [2.05, 4.69) is 26.2 Å². The van der Waals surface area contributed by atoms with Crippen molar-refractivity contribution in [3.05, 3.63) is 82.1 Å². The molecule has 0 bridgehead atoms. The summed E-state index contributed by atoms with van der Waals surface area (Å²) in [5.74, 6) is -0.402. The fourth-order valence-electron chi connectivity index (χ4n) is 2.02. The van der Waals surface area contributed by atoms with Crippen molar-refractivity contribution in [2.45, 2.75) is 13.0 Å². The van der Waals surface area contributed by atoms with Crippen molar-refractivity contribution in [1.82, 2.24) is 10.3 Å². The molecule has 0 saturated carbocycles. The van der Waals surface area contributed by atoms with Crippen molar-refractivity contribution in [3.63, 3.8) is 0 Å². The number of hydrogen-bond donors (Lipinski definition) is 1. The molecule has 1 atom stereocenters. The molecule has 0 aliphatic carbocycles. The SMILES string of the molecule is C[C@@H](NC(=O)C(C#N)=CC=Cc1cccc(Br)n1)c1ccccc1. The van der Waals surface area contributed by atoms with E-state index in [1.165, 1.54) is 6.08 Å². The van der Waals surface area contributed by atoms with Crippen molar-refractivity contribution < 1.29 is 4.79 Å². The molecule has 24 heavy (non-hydrogen) atoms. The number of nitrogens with one attached hydrogen (secondary N) is 1. The summed E-state index contributed by atoms with van der Waals surface area (Å²) in [6.45, 7) is 1.88. The number of nitrogens with zero attached hydrogens (tertiary/aromatic N) is 2. The third-order valence-electron chi connectivity index (χ3n) is 3.28. The van der Waals surface area contributed by atoms with Gasteiger partial charge in [-0.25, -0.2) is 4.98 Å². The van der Waals surface area contributed by atoms with Crippen LogP contribution in [0.5, 0.6) is 0 Å². The highest BCUT2D eigenvalue weighted by molar-refractivity contribution is 9.10. The first kappa shape index (κ1) is 17.6. The van der Waals surface area contributed by atoms with Gasteiger partial charge in [0.1, 0.15) is 16.2 Å². The van der Waals surface area contributed by atoms with Crippen LogP contribution in [0, 0.1) is 11.3 Å². The fourth-order valence-corrected chi connectivity index (χ4v) is 2.38. The maximum Gasteiger partial charge on any atom is 0.262 e. The molecule has 1 aromatic carbocycles. The highest BCUT2D eigenvalue weighted by atomic mass is 79.9. The fraction of sp³-hybridized carbons (Fsp3) is 0.105. The van der Waals surface area contributed by atoms with E-state index in [-0.39, 0.29) is 11.6 Å². The lowest BCUT2D eigenvalue weighted by molar-refractivity contribution is -0.117. The van der Waals surface area contributed by atoms with Crippen LogP contribution >= 0.6 is 15.9 Å². The monoisotopic (exact) mass is 381 g/mol. The van der Waals surface area contributed by atoms with E-state index in [1.54, 1.807) is 12.2 Å². The Kier molecular flexibility index (Phi) is 6.47. The highest BCUT2D eigenvalue weighted by Gasteiger charge is 2.12. The van der Waals surface area contributed by atoms with Gasteiger partial charge in [0.05, 0.1) is 11.7 Å². The van der Waals surface area contributed by atoms with Gasteiger partial charge in [-0.05, 0) is 52.7 Å². The van der Waals surface area contributed by atoms with Gasteiger partial charge in [-0.15, -0.1) is 0 Å². The Bertz CT molecular complexity index is 807. The van der Waals surface area contributed by atoms with Gasteiger partial charge in [-0.3, -0.25) is 4.79 Å². The van der Waals surface area contributed by atoms with Crippen LogP contribution in [0.4, 0.5) is 0 Å². The maximum absolute atomic E-state index is 12.2. The number of amides is 1. The summed E-state index contributed by atoms with van der Waals surface area (Å²) < 4.78 is 0.726. The molecule has 5 heteroatoms. The van der Waals surface area contributed by atoms with E-state index in [9.17, 15) is 10.1 Å². The van der Waals surface area contributed by atoms with Gasteiger partial charge in [0.2, 0.25) is 0 Å². The van der Waals surface area contributed by atoms with Gasteiger partial charge in [-0.1, -0.05) is 42.5 Å². The summed E-state index contributed by atoms with van der Waals surface area (Å²) >= 11 is 3.29. The second kappa shape index (κ2) is 8.80. The lowest BCUT2D eigenvalue weighted by Gasteiger charge is -2.13. The average Bonchev–Trinajstić information content (AvgIpc) is 2.59. The first-order chi connectivity index (χ1) is 11.6. The molecule has 0 spiro atoms. The Labute approximate surface area is 149 Å². The minimum atomic E-state index is -0.402. The molecule has 4 nitrogen and oxygen atoms in total. The number of carbonyl (C=O) groups is 1. The van der Waals surface area contributed by atoms with E-state index in [4.69, 9.17) is 0 Å². The summed E-state index contributed by atoms with van der Waals surface area (Å²) in [7, 11) is 0. The van der Waals surface area contributed by atoms with Crippen LogP contribution in [0.25, 0.3) is 6.08 Å². The van der Waals surface area contributed by atoms with Gasteiger partial charge in [0.15, 0.2) is 0 Å². The number of halogens is 1. The molecule has 0 aliphatic rings. The lowest BCUT2D eigenvalue weighted by Crippen LogP contribution is -2.27. The van der Waals surface area contributed by atoms with E-state index in [0.29, 0.717) is 0 Å². The topological polar surface area (TPSA) is 65.8 Å². The third kappa shape index (κ3) is 5.18. The van der Waals surface area contributed by atoms with Crippen molar-refractivity contribution in [2.24, 2.45) is 0 Å². The summed E-state index contributed by atoms with van der Waals surface area (Å²) in [6, 6.07) is 16.9. The number of pyridine rings is 1. The van der Waals surface area contributed by atoms with Crippen LogP contribution in [0.2, 0.25) is 0 Å². The van der Waals surface area contributed by atoms with Crippen molar-refractivity contribution in [2.75, 3.05) is 0 Å². The highest BCUT2D eigenvalue weighted by Crippen LogP contribution is 2.12. The molecule has 2 rings (SSSR count). The second-order valence-electron chi connectivity index (χ2n) is 5.04. The average molecular weight is 382 g/mol. The minimum Gasteiger partial charge on any atom is -0.345 e. The number of aromatic nitrogens is 1. The summed E-state index contributed by atoms with van der Waals surface area (Å²) in [5.41, 5.74) is 1.76. The molecule has 1 N–H and O–H groups in total. The van der Waals surface area contributed by atoms with Gasteiger partial charge in [0, 0.05) is 0 Å². The molecule has 1 amide bonds. The Morgan fingerprint density at radius 3 is 2.67 bits per heavy atom. The Morgan fingerprint density at radius 2 is 2.00 bits per heavy atom. The molecule has 120 valence electrons. The Balaban J connectivity index is 2.04. The zero-order valence-electron chi connectivity index (χ0n) is 13.1. The number of hydrogen-bond acceptors (Lipinski definition) is 3. The van der Waals surface area contributed by atoms with Crippen LogP contribution in [0.3, 0.4) is 0 Å². The maximum atomic E-state index is 12.2. The standard InChI is InChI=1S/C19H16BrN3O/c1-14(15-7-3-2-4-8-15)22-19(24)16(13-21)9-5-10-17-11-6-12-18(20)23-17/h2-12,14H,1H3,(H,22,24)/t14-/m1/s1. The van der Waals surface area contributed by atoms with E-state index in [0.717, 1.165) is 15.9 Å². The molecule has 0 saturated heterocycles. The number of allylic oxidation sites excluding steroid dienone is 2. The smallest absolute Gasteiger partial charge is 0.262 e. The zero-order chi connectivity index (χ0) is 17.4.